The molecule has 1 saturated heterocycles. The highest BCUT2D eigenvalue weighted by Crippen LogP contribution is 2.48. The molecule has 0 bridgehead atoms. The number of aliphatic hydroxyl groups is 1. The maximum atomic E-state index is 12.3. The summed E-state index contributed by atoms with van der Waals surface area (Å²) in [6.07, 6.45) is 0.446. The van der Waals surface area contributed by atoms with Gasteiger partial charge in [0.15, 0.2) is 5.78 Å². The van der Waals surface area contributed by atoms with Crippen molar-refractivity contribution < 1.29 is 29.0 Å². The second kappa shape index (κ2) is 5.45. The van der Waals surface area contributed by atoms with Gasteiger partial charge in [-0.05, 0) is 18.6 Å². The van der Waals surface area contributed by atoms with Gasteiger partial charge in [0.05, 0.1) is 12.5 Å². The van der Waals surface area contributed by atoms with Crippen molar-refractivity contribution in [2.75, 3.05) is 6.61 Å². The van der Waals surface area contributed by atoms with E-state index in [0.717, 1.165) is 5.57 Å². The molecule has 0 aromatic carbocycles. The van der Waals surface area contributed by atoms with E-state index < -0.39 is 36.0 Å². The first-order valence-corrected chi connectivity index (χ1v) is 7.47. The highest BCUT2D eigenvalue weighted by Gasteiger charge is 2.54. The molecule has 6 heteroatoms. The molecule has 0 spiro atoms. The van der Waals surface area contributed by atoms with Crippen LogP contribution in [0.2, 0.25) is 0 Å². The van der Waals surface area contributed by atoms with Gasteiger partial charge in [0, 0.05) is 30.4 Å². The molecule has 0 unspecified atom stereocenters. The van der Waals surface area contributed by atoms with Gasteiger partial charge in [-0.15, -0.1) is 0 Å². The quantitative estimate of drug-likeness (QED) is 0.600. The Kier molecular flexibility index (Phi) is 3.72. The number of carbonyl (C=O) groups excluding carboxylic acids is 3. The third-order valence-corrected chi connectivity index (χ3v) is 4.75. The minimum atomic E-state index is -0.684. The van der Waals surface area contributed by atoms with Gasteiger partial charge < -0.3 is 14.6 Å². The number of allylic oxidation sites excluding steroid dienone is 1. The summed E-state index contributed by atoms with van der Waals surface area (Å²) >= 11 is 0. The molecule has 0 aromatic heterocycles. The first-order valence-electron chi connectivity index (χ1n) is 7.47. The van der Waals surface area contributed by atoms with E-state index in [0.29, 0.717) is 17.6 Å². The predicted octanol–water partition coefficient (Wildman–Crippen LogP) is 0.854. The fourth-order valence-electron chi connectivity index (χ4n) is 3.85. The number of ether oxygens (including phenoxy) is 2. The summed E-state index contributed by atoms with van der Waals surface area (Å²) in [5.74, 6) is -2.22. The molecule has 3 rings (SSSR count). The Morgan fingerprint density at radius 2 is 2.17 bits per heavy atom. The van der Waals surface area contributed by atoms with E-state index >= 15 is 0 Å². The standard InChI is InChI=1S/C17H18O6/c1-7-4-12(22-9(3)19)14-8(2)17(21)23-16(14)15-10(6-18)5-11(20)13(7)15/h5,12,14-16,18H,2,4,6H2,1,3H3/t12-,14-,15+,16+/m1/s1. The molecule has 1 heterocycles. The minimum absolute atomic E-state index is 0.188. The second-order valence-corrected chi connectivity index (χ2v) is 6.19. The number of aliphatic hydroxyl groups excluding tert-OH is 1. The van der Waals surface area contributed by atoms with Gasteiger partial charge in [-0.3, -0.25) is 9.59 Å². The van der Waals surface area contributed by atoms with E-state index in [1.54, 1.807) is 6.92 Å². The molecule has 1 aliphatic heterocycles. The van der Waals surface area contributed by atoms with E-state index in [1.165, 1.54) is 13.0 Å². The van der Waals surface area contributed by atoms with Crippen molar-refractivity contribution in [3.8, 4) is 0 Å². The Balaban J connectivity index is 2.11. The lowest BCUT2D eigenvalue weighted by Crippen LogP contribution is -2.36. The average molecular weight is 318 g/mol. The summed E-state index contributed by atoms with van der Waals surface area (Å²) in [5.41, 5.74) is 2.07. The second-order valence-electron chi connectivity index (χ2n) is 6.19. The Morgan fingerprint density at radius 1 is 1.48 bits per heavy atom. The molecule has 2 aliphatic carbocycles. The third kappa shape index (κ3) is 2.34. The average Bonchev–Trinajstić information content (AvgIpc) is 2.91. The van der Waals surface area contributed by atoms with Crippen molar-refractivity contribution >= 4 is 17.7 Å². The normalized spacial score (nSPS) is 33.0. The van der Waals surface area contributed by atoms with Gasteiger partial charge in [0.1, 0.15) is 12.2 Å². The zero-order valence-electron chi connectivity index (χ0n) is 13.0. The smallest absolute Gasteiger partial charge is 0.334 e. The molecule has 0 amide bonds. The van der Waals surface area contributed by atoms with Gasteiger partial charge in [0.2, 0.25) is 0 Å². The van der Waals surface area contributed by atoms with Crippen LogP contribution >= 0.6 is 0 Å². The van der Waals surface area contributed by atoms with Crippen LogP contribution in [0.25, 0.3) is 0 Å². The Morgan fingerprint density at radius 3 is 2.78 bits per heavy atom. The maximum absolute atomic E-state index is 12.3. The maximum Gasteiger partial charge on any atom is 0.334 e. The monoisotopic (exact) mass is 318 g/mol. The molecule has 1 fully saturated rings. The Hall–Kier alpha value is -2.21. The van der Waals surface area contributed by atoms with E-state index in [9.17, 15) is 19.5 Å². The van der Waals surface area contributed by atoms with Crippen LogP contribution in [0.1, 0.15) is 20.3 Å². The summed E-state index contributed by atoms with van der Waals surface area (Å²) in [7, 11) is 0. The van der Waals surface area contributed by atoms with E-state index in [4.69, 9.17) is 9.47 Å². The van der Waals surface area contributed by atoms with E-state index in [1.807, 2.05) is 0 Å². The van der Waals surface area contributed by atoms with Gasteiger partial charge in [-0.2, -0.15) is 0 Å². The lowest BCUT2D eigenvalue weighted by atomic mass is 9.82. The molecule has 0 aromatic rings. The molecule has 3 aliphatic rings. The summed E-state index contributed by atoms with van der Waals surface area (Å²) in [6.45, 7) is 6.59. The Bertz CT molecular complexity index is 683. The number of rotatable bonds is 2. The molecule has 1 N–H and O–H groups in total. The van der Waals surface area contributed by atoms with Crippen LogP contribution in [0, 0.1) is 11.8 Å². The molecule has 23 heavy (non-hydrogen) atoms. The van der Waals surface area contributed by atoms with Gasteiger partial charge >= 0.3 is 11.9 Å². The number of hydrogen-bond donors (Lipinski definition) is 1. The van der Waals surface area contributed by atoms with Crippen LogP contribution in [0.15, 0.2) is 34.9 Å². The molecule has 0 saturated carbocycles. The van der Waals surface area contributed by atoms with Gasteiger partial charge in [0.25, 0.3) is 0 Å². The fourth-order valence-corrected chi connectivity index (χ4v) is 3.85. The number of fused-ring (bicyclic) bond motifs is 3. The van der Waals surface area contributed by atoms with Gasteiger partial charge in [-0.25, -0.2) is 4.79 Å². The van der Waals surface area contributed by atoms with Gasteiger partial charge in [-0.1, -0.05) is 12.2 Å². The number of carbonyl (C=O) groups is 3. The zero-order chi connectivity index (χ0) is 16.9. The minimum Gasteiger partial charge on any atom is -0.461 e. The summed E-state index contributed by atoms with van der Waals surface area (Å²) < 4.78 is 10.8. The topological polar surface area (TPSA) is 89.9 Å². The fraction of sp³-hybridized carbons (Fsp3) is 0.471. The number of hydrogen-bond acceptors (Lipinski definition) is 6. The first kappa shape index (κ1) is 15.7. The first-order chi connectivity index (χ1) is 10.8. The molecule has 6 nitrogen and oxygen atoms in total. The molecule has 122 valence electrons. The SMILES string of the molecule is C=C1C(=O)O[C@@H]2[C@H]3C(CO)=CC(=O)C3=C(C)C[C@@H](OC(C)=O)[C@@H]12. The van der Waals surface area contributed by atoms with Crippen LogP contribution in [0.4, 0.5) is 0 Å². The van der Waals surface area contributed by atoms with Crippen LogP contribution in [0.5, 0.6) is 0 Å². The third-order valence-electron chi connectivity index (χ3n) is 4.75. The number of esters is 2. The van der Waals surface area contributed by atoms with Crippen molar-refractivity contribution in [2.24, 2.45) is 11.8 Å². The molecule has 0 radical (unpaired) electrons. The highest BCUT2D eigenvalue weighted by atomic mass is 16.6. The van der Waals surface area contributed by atoms with Crippen LogP contribution in [-0.4, -0.2) is 41.6 Å². The molecular weight excluding hydrogens is 300 g/mol. The largest absolute Gasteiger partial charge is 0.461 e. The molecule has 4 atom stereocenters. The van der Waals surface area contributed by atoms with Crippen molar-refractivity contribution in [2.45, 2.75) is 32.5 Å². The zero-order valence-corrected chi connectivity index (χ0v) is 13.0. The number of ketones is 1. The summed E-state index contributed by atoms with van der Waals surface area (Å²) in [5, 5.41) is 9.57. The summed E-state index contributed by atoms with van der Waals surface area (Å²) in [4.78, 5) is 35.7. The van der Waals surface area contributed by atoms with Crippen LogP contribution < -0.4 is 0 Å². The van der Waals surface area contributed by atoms with E-state index in [2.05, 4.69) is 6.58 Å². The van der Waals surface area contributed by atoms with Crippen LogP contribution in [0.3, 0.4) is 0 Å². The van der Waals surface area contributed by atoms with Crippen molar-refractivity contribution in [3.63, 3.8) is 0 Å². The van der Waals surface area contributed by atoms with Crippen LogP contribution in [-0.2, 0) is 23.9 Å². The summed E-state index contributed by atoms with van der Waals surface area (Å²) in [6, 6.07) is 0. The van der Waals surface area contributed by atoms with Crippen molar-refractivity contribution in [1.82, 2.24) is 0 Å². The van der Waals surface area contributed by atoms with Crippen molar-refractivity contribution in [1.29, 1.82) is 0 Å². The molecular formula is C17H18O6. The Labute approximate surface area is 133 Å². The lowest BCUT2D eigenvalue weighted by molar-refractivity contribution is -0.150. The highest BCUT2D eigenvalue weighted by molar-refractivity contribution is 6.09. The van der Waals surface area contributed by atoms with E-state index in [-0.39, 0.29) is 18.0 Å². The van der Waals surface area contributed by atoms with Crippen molar-refractivity contribution in [3.05, 3.63) is 34.9 Å². The lowest BCUT2D eigenvalue weighted by Gasteiger charge is -2.27. The predicted molar refractivity (Wildman–Crippen MR) is 79.0 cm³/mol.